The summed E-state index contributed by atoms with van der Waals surface area (Å²) in [5.74, 6) is 0.451. The van der Waals surface area contributed by atoms with E-state index in [4.69, 9.17) is 9.47 Å². The molecule has 0 aliphatic heterocycles. The van der Waals surface area contributed by atoms with E-state index in [2.05, 4.69) is 20.9 Å². The predicted molar refractivity (Wildman–Crippen MR) is 89.3 cm³/mol. The summed E-state index contributed by atoms with van der Waals surface area (Å²) in [6.07, 6.45) is 1.40. The number of carbonyl (C=O) groups excluding carboxylic acids is 1. The van der Waals surface area contributed by atoms with E-state index in [-0.39, 0.29) is 12.4 Å². The summed E-state index contributed by atoms with van der Waals surface area (Å²) < 4.78 is 10.3. The van der Waals surface area contributed by atoms with Gasteiger partial charge in [0, 0.05) is 11.6 Å². The van der Waals surface area contributed by atoms with Crippen LogP contribution >= 0.6 is 0 Å². The quantitative estimate of drug-likeness (QED) is 0.371. The fourth-order valence-corrected chi connectivity index (χ4v) is 1.77. The predicted octanol–water partition coefficient (Wildman–Crippen LogP) is -0.962. The van der Waals surface area contributed by atoms with E-state index < -0.39 is 17.2 Å². The first kappa shape index (κ1) is 17.7. The number of H-pyrrole nitrogens is 2. The zero-order valence-corrected chi connectivity index (χ0v) is 13.5. The van der Waals surface area contributed by atoms with Gasteiger partial charge in [0.25, 0.3) is 11.5 Å². The van der Waals surface area contributed by atoms with Crippen molar-refractivity contribution in [3.63, 3.8) is 0 Å². The van der Waals surface area contributed by atoms with Gasteiger partial charge in [-0.2, -0.15) is 5.10 Å². The molecule has 0 radical (unpaired) electrons. The highest BCUT2D eigenvalue weighted by atomic mass is 16.5. The second-order valence-corrected chi connectivity index (χ2v) is 4.61. The van der Waals surface area contributed by atoms with Crippen LogP contribution in [0, 0.1) is 0 Å². The minimum Gasteiger partial charge on any atom is -0.497 e. The number of benzene rings is 1. The van der Waals surface area contributed by atoms with Gasteiger partial charge in [-0.15, -0.1) is 5.10 Å². The van der Waals surface area contributed by atoms with Gasteiger partial charge in [-0.05, 0) is 12.1 Å². The molecule has 0 unspecified atom stereocenters. The number of hydrogen-bond acceptors (Lipinski definition) is 8. The van der Waals surface area contributed by atoms with Crippen molar-refractivity contribution in [2.45, 2.75) is 0 Å². The number of hydrogen-bond donors (Lipinski definition) is 4. The van der Waals surface area contributed by atoms with Gasteiger partial charge in [0.1, 0.15) is 11.5 Å². The van der Waals surface area contributed by atoms with Crippen LogP contribution < -0.4 is 31.5 Å². The van der Waals surface area contributed by atoms with Crippen LogP contribution in [0.5, 0.6) is 11.5 Å². The lowest BCUT2D eigenvalue weighted by molar-refractivity contribution is -0.119. The molecule has 25 heavy (non-hydrogen) atoms. The topological polar surface area (TPSA) is 151 Å². The average Bonchev–Trinajstić information content (AvgIpc) is 2.61. The van der Waals surface area contributed by atoms with Crippen LogP contribution in [-0.2, 0) is 4.79 Å². The zero-order valence-electron chi connectivity index (χ0n) is 13.5. The number of amides is 1. The molecule has 2 rings (SSSR count). The van der Waals surface area contributed by atoms with Crippen LogP contribution in [-0.4, -0.2) is 48.1 Å². The van der Waals surface area contributed by atoms with Crippen LogP contribution in [0.3, 0.4) is 0 Å². The molecule has 1 heterocycles. The summed E-state index contributed by atoms with van der Waals surface area (Å²) in [5, 5.41) is 11.8. The number of nitrogens with one attached hydrogen (secondary N) is 4. The van der Waals surface area contributed by atoms with Crippen LogP contribution in [0.25, 0.3) is 0 Å². The molecule has 1 aromatic heterocycles. The molecular weight excluding hydrogens is 332 g/mol. The van der Waals surface area contributed by atoms with Gasteiger partial charge < -0.3 is 14.8 Å². The molecule has 1 amide bonds. The lowest BCUT2D eigenvalue weighted by Gasteiger charge is -2.07. The van der Waals surface area contributed by atoms with Crippen molar-refractivity contribution in [3.05, 3.63) is 44.6 Å². The van der Waals surface area contributed by atoms with E-state index in [1.54, 1.807) is 18.2 Å². The molecule has 0 atom stereocenters. The number of nitrogens with zero attached hydrogens (tertiary/aromatic N) is 2. The fraction of sp³-hybridized carbons (Fsp3) is 0.214. The highest BCUT2D eigenvalue weighted by molar-refractivity contribution is 5.86. The van der Waals surface area contributed by atoms with E-state index in [9.17, 15) is 14.4 Å². The van der Waals surface area contributed by atoms with Crippen molar-refractivity contribution in [2.75, 3.05) is 26.1 Å². The van der Waals surface area contributed by atoms with Crippen LogP contribution in [0.1, 0.15) is 5.56 Å². The molecule has 4 N–H and O–H groups in total. The zero-order chi connectivity index (χ0) is 18.2. The number of aromatic nitrogens is 3. The minimum atomic E-state index is -0.738. The largest absolute Gasteiger partial charge is 0.497 e. The smallest absolute Gasteiger partial charge is 0.342 e. The van der Waals surface area contributed by atoms with E-state index in [1.807, 2.05) is 10.1 Å². The first-order valence-corrected chi connectivity index (χ1v) is 7.00. The third kappa shape index (κ3) is 4.92. The Labute approximate surface area is 141 Å². The third-order valence-electron chi connectivity index (χ3n) is 2.96. The van der Waals surface area contributed by atoms with E-state index in [1.165, 1.54) is 20.4 Å². The Hall–Kier alpha value is -3.63. The van der Waals surface area contributed by atoms with Gasteiger partial charge in [-0.1, -0.05) is 0 Å². The molecule has 0 aliphatic rings. The van der Waals surface area contributed by atoms with Gasteiger partial charge in [0.15, 0.2) is 0 Å². The Balaban J connectivity index is 1.92. The molecule has 0 saturated carbocycles. The fourth-order valence-electron chi connectivity index (χ4n) is 1.77. The average molecular weight is 348 g/mol. The van der Waals surface area contributed by atoms with Crippen molar-refractivity contribution in [1.82, 2.24) is 20.6 Å². The van der Waals surface area contributed by atoms with E-state index in [0.29, 0.717) is 17.1 Å². The maximum Gasteiger partial charge on any atom is 0.342 e. The van der Waals surface area contributed by atoms with Crippen molar-refractivity contribution in [3.8, 4) is 11.5 Å². The number of anilines is 1. The maximum atomic E-state index is 11.7. The van der Waals surface area contributed by atoms with Gasteiger partial charge >= 0.3 is 5.69 Å². The number of carbonyl (C=O) groups is 1. The lowest BCUT2D eigenvalue weighted by Crippen LogP contribution is -2.31. The van der Waals surface area contributed by atoms with Crippen molar-refractivity contribution in [1.29, 1.82) is 0 Å². The molecule has 132 valence electrons. The summed E-state index contributed by atoms with van der Waals surface area (Å²) >= 11 is 0. The van der Waals surface area contributed by atoms with E-state index >= 15 is 0 Å². The van der Waals surface area contributed by atoms with Crippen molar-refractivity contribution < 1.29 is 14.3 Å². The van der Waals surface area contributed by atoms with Crippen LogP contribution in [0.4, 0.5) is 5.82 Å². The number of aromatic amines is 2. The Morgan fingerprint density at radius 2 is 2.12 bits per heavy atom. The van der Waals surface area contributed by atoms with Crippen LogP contribution in [0.15, 0.2) is 32.9 Å². The number of hydrazone groups is 1. The first-order chi connectivity index (χ1) is 12.0. The molecule has 0 spiro atoms. The molecule has 2 aromatic rings. The number of ether oxygens (including phenoxy) is 2. The standard InChI is InChI=1S/C14H16N6O5/c1-24-9-4-3-8(10(5-9)25-2)6-16-18-11(21)7-15-12-13(22)17-14(23)20-19-12/h3-6H,7H2,1-2H3,(H,15,19)(H,18,21)(H2,17,20,22,23)/b16-6+. The molecule has 1 aromatic carbocycles. The highest BCUT2D eigenvalue weighted by Crippen LogP contribution is 2.22. The van der Waals surface area contributed by atoms with E-state index in [0.717, 1.165) is 0 Å². The third-order valence-corrected chi connectivity index (χ3v) is 2.96. The van der Waals surface area contributed by atoms with Crippen LogP contribution in [0.2, 0.25) is 0 Å². The Bertz CT molecular complexity index is 888. The van der Waals surface area contributed by atoms with Gasteiger partial charge in [-0.25, -0.2) is 15.3 Å². The summed E-state index contributed by atoms with van der Waals surface area (Å²) in [5.41, 5.74) is 1.44. The van der Waals surface area contributed by atoms with Crippen molar-refractivity contribution in [2.24, 2.45) is 5.10 Å². The maximum absolute atomic E-state index is 11.7. The summed E-state index contributed by atoms with van der Waals surface area (Å²) in [4.78, 5) is 35.9. The Kier molecular flexibility index (Phi) is 5.87. The molecule has 0 fully saturated rings. The molecule has 11 heteroatoms. The monoisotopic (exact) mass is 348 g/mol. The van der Waals surface area contributed by atoms with Crippen molar-refractivity contribution >= 4 is 17.9 Å². The second kappa shape index (κ2) is 8.29. The summed E-state index contributed by atoms with van der Waals surface area (Å²) in [6, 6.07) is 5.12. The molecule has 0 aliphatic carbocycles. The first-order valence-electron chi connectivity index (χ1n) is 7.00. The second-order valence-electron chi connectivity index (χ2n) is 4.61. The Morgan fingerprint density at radius 1 is 1.32 bits per heavy atom. The van der Waals surface area contributed by atoms with Gasteiger partial charge in [0.05, 0.1) is 27.0 Å². The Morgan fingerprint density at radius 3 is 2.80 bits per heavy atom. The molecule has 0 bridgehead atoms. The summed E-state index contributed by atoms with van der Waals surface area (Å²) in [7, 11) is 3.04. The SMILES string of the molecule is COc1ccc(/C=N/NC(=O)CNc2n[nH]c(=O)[nH]c2=O)c(OC)c1. The number of rotatable bonds is 7. The highest BCUT2D eigenvalue weighted by Gasteiger charge is 2.06. The van der Waals surface area contributed by atoms with Gasteiger partial charge in [0.2, 0.25) is 5.82 Å². The number of methoxy groups -OCH3 is 2. The lowest BCUT2D eigenvalue weighted by atomic mass is 10.2. The molecular formula is C14H16N6O5. The summed E-state index contributed by atoms with van der Waals surface area (Å²) in [6.45, 7) is -0.265. The van der Waals surface area contributed by atoms with Gasteiger partial charge in [-0.3, -0.25) is 14.6 Å². The minimum absolute atomic E-state index is 0.185. The normalized spacial score (nSPS) is 10.5. The molecule has 11 nitrogen and oxygen atoms in total. The molecule has 0 saturated heterocycles.